The minimum absolute atomic E-state index is 0.533. The van der Waals surface area contributed by atoms with Crippen LogP contribution in [0.3, 0.4) is 0 Å². The highest BCUT2D eigenvalue weighted by atomic mass is 16.5. The zero-order valence-corrected chi connectivity index (χ0v) is 13.2. The summed E-state index contributed by atoms with van der Waals surface area (Å²) in [5, 5.41) is 11.6. The highest BCUT2D eigenvalue weighted by molar-refractivity contribution is 5.46. The standard InChI is InChI=1S/C17H23N3O/c1-5-10-18-11-15-8-9-16(20-19-15)21-17-13(3)7-6-12(2)14(17)4/h6-9,18H,5,10-11H2,1-4H3. The van der Waals surface area contributed by atoms with Crippen LogP contribution < -0.4 is 10.1 Å². The van der Waals surface area contributed by atoms with Crippen LogP contribution in [0.1, 0.15) is 35.7 Å². The third-order valence-electron chi connectivity index (χ3n) is 3.51. The molecule has 2 aromatic rings. The molecular formula is C17H23N3O. The molecule has 0 unspecified atom stereocenters. The normalized spacial score (nSPS) is 10.7. The quantitative estimate of drug-likeness (QED) is 0.822. The van der Waals surface area contributed by atoms with Gasteiger partial charge in [0, 0.05) is 12.6 Å². The van der Waals surface area contributed by atoms with Gasteiger partial charge in [0.05, 0.1) is 5.69 Å². The molecule has 1 aromatic carbocycles. The van der Waals surface area contributed by atoms with Crippen LogP contribution in [-0.2, 0) is 6.54 Å². The Bertz CT molecular complexity index is 594. The molecule has 0 fully saturated rings. The second-order valence-electron chi connectivity index (χ2n) is 5.30. The average Bonchev–Trinajstić information content (AvgIpc) is 2.49. The van der Waals surface area contributed by atoms with Crippen LogP contribution in [0.4, 0.5) is 0 Å². The number of ether oxygens (including phenoxy) is 1. The summed E-state index contributed by atoms with van der Waals surface area (Å²) in [6.45, 7) is 10.1. The van der Waals surface area contributed by atoms with Gasteiger partial charge in [-0.05, 0) is 56.5 Å². The van der Waals surface area contributed by atoms with E-state index in [1.165, 1.54) is 5.56 Å². The van der Waals surface area contributed by atoms with E-state index in [2.05, 4.69) is 48.4 Å². The monoisotopic (exact) mass is 285 g/mol. The maximum absolute atomic E-state index is 5.91. The summed E-state index contributed by atoms with van der Waals surface area (Å²) in [5.41, 5.74) is 4.39. The van der Waals surface area contributed by atoms with Crippen LogP contribution in [0.5, 0.6) is 11.6 Å². The molecule has 0 aliphatic heterocycles. The molecule has 2 rings (SSSR count). The molecule has 0 atom stereocenters. The van der Waals surface area contributed by atoms with Crippen LogP contribution in [0.25, 0.3) is 0 Å². The van der Waals surface area contributed by atoms with Crippen molar-refractivity contribution in [3.05, 3.63) is 46.6 Å². The van der Waals surface area contributed by atoms with Gasteiger partial charge in [0.1, 0.15) is 5.75 Å². The fourth-order valence-electron chi connectivity index (χ4n) is 2.08. The van der Waals surface area contributed by atoms with Crippen molar-refractivity contribution in [1.29, 1.82) is 0 Å². The van der Waals surface area contributed by atoms with Crippen LogP contribution >= 0.6 is 0 Å². The summed E-state index contributed by atoms with van der Waals surface area (Å²) < 4.78 is 5.91. The van der Waals surface area contributed by atoms with Crippen molar-refractivity contribution in [3.63, 3.8) is 0 Å². The first-order valence-corrected chi connectivity index (χ1v) is 7.39. The predicted octanol–water partition coefficient (Wildman–Crippen LogP) is 3.69. The first-order valence-electron chi connectivity index (χ1n) is 7.39. The first-order chi connectivity index (χ1) is 10.1. The lowest BCUT2D eigenvalue weighted by molar-refractivity contribution is 0.446. The van der Waals surface area contributed by atoms with E-state index in [0.717, 1.165) is 42.1 Å². The Labute approximate surface area is 126 Å². The molecule has 0 amide bonds. The maximum Gasteiger partial charge on any atom is 0.238 e. The second kappa shape index (κ2) is 7.18. The molecule has 0 saturated heterocycles. The Morgan fingerprint density at radius 3 is 2.43 bits per heavy atom. The highest BCUT2D eigenvalue weighted by Gasteiger charge is 2.08. The van der Waals surface area contributed by atoms with E-state index in [9.17, 15) is 0 Å². The van der Waals surface area contributed by atoms with E-state index in [-0.39, 0.29) is 0 Å². The average molecular weight is 285 g/mol. The third kappa shape index (κ3) is 4.02. The van der Waals surface area contributed by atoms with E-state index >= 15 is 0 Å². The maximum atomic E-state index is 5.91. The van der Waals surface area contributed by atoms with Crippen molar-refractivity contribution in [2.75, 3.05) is 6.54 Å². The number of benzene rings is 1. The molecule has 0 radical (unpaired) electrons. The van der Waals surface area contributed by atoms with Crippen molar-refractivity contribution in [2.45, 2.75) is 40.7 Å². The number of aryl methyl sites for hydroxylation is 2. The summed E-state index contributed by atoms with van der Waals surface area (Å²) in [4.78, 5) is 0. The van der Waals surface area contributed by atoms with Gasteiger partial charge in [0.25, 0.3) is 0 Å². The van der Waals surface area contributed by atoms with Gasteiger partial charge in [0.15, 0.2) is 0 Å². The summed E-state index contributed by atoms with van der Waals surface area (Å²) >= 11 is 0. The van der Waals surface area contributed by atoms with Gasteiger partial charge in [0.2, 0.25) is 5.88 Å². The minimum Gasteiger partial charge on any atom is -0.437 e. The Morgan fingerprint density at radius 1 is 1.00 bits per heavy atom. The van der Waals surface area contributed by atoms with Gasteiger partial charge in [-0.25, -0.2) is 0 Å². The van der Waals surface area contributed by atoms with Crippen molar-refractivity contribution in [1.82, 2.24) is 15.5 Å². The summed E-state index contributed by atoms with van der Waals surface area (Å²) in [6.07, 6.45) is 1.11. The molecular weight excluding hydrogens is 262 g/mol. The van der Waals surface area contributed by atoms with Gasteiger partial charge in [-0.15, -0.1) is 5.10 Å². The van der Waals surface area contributed by atoms with Crippen LogP contribution in [0.15, 0.2) is 24.3 Å². The number of hydrogen-bond donors (Lipinski definition) is 1. The van der Waals surface area contributed by atoms with Gasteiger partial charge in [-0.1, -0.05) is 19.1 Å². The van der Waals surface area contributed by atoms with Crippen molar-refractivity contribution in [2.24, 2.45) is 0 Å². The molecule has 1 N–H and O–H groups in total. The topological polar surface area (TPSA) is 47.0 Å². The first kappa shape index (κ1) is 15.4. The van der Waals surface area contributed by atoms with E-state index in [0.29, 0.717) is 5.88 Å². The Balaban J connectivity index is 2.09. The molecule has 0 saturated carbocycles. The van der Waals surface area contributed by atoms with Crippen molar-refractivity contribution < 1.29 is 4.74 Å². The zero-order chi connectivity index (χ0) is 15.2. The minimum atomic E-state index is 0.533. The predicted molar refractivity (Wildman–Crippen MR) is 84.8 cm³/mol. The summed E-state index contributed by atoms with van der Waals surface area (Å²) in [7, 11) is 0. The molecule has 4 nitrogen and oxygen atoms in total. The fourth-order valence-corrected chi connectivity index (χ4v) is 2.08. The molecule has 112 valence electrons. The molecule has 4 heteroatoms. The Kier molecular flexibility index (Phi) is 5.28. The molecule has 0 aliphatic carbocycles. The lowest BCUT2D eigenvalue weighted by Gasteiger charge is -2.12. The SMILES string of the molecule is CCCNCc1ccc(Oc2c(C)ccc(C)c2C)nn1. The number of rotatable bonds is 6. The Morgan fingerprint density at radius 2 is 1.76 bits per heavy atom. The van der Waals surface area contributed by atoms with Crippen LogP contribution in [-0.4, -0.2) is 16.7 Å². The van der Waals surface area contributed by atoms with E-state index in [4.69, 9.17) is 4.74 Å². The molecule has 1 aromatic heterocycles. The summed E-state index contributed by atoms with van der Waals surface area (Å²) in [6, 6.07) is 7.99. The largest absolute Gasteiger partial charge is 0.437 e. The van der Waals surface area contributed by atoms with E-state index in [1.54, 1.807) is 0 Å². The van der Waals surface area contributed by atoms with Gasteiger partial charge in [-0.3, -0.25) is 0 Å². The molecule has 21 heavy (non-hydrogen) atoms. The number of aromatic nitrogens is 2. The fraction of sp³-hybridized carbons (Fsp3) is 0.412. The van der Waals surface area contributed by atoms with Crippen LogP contribution in [0, 0.1) is 20.8 Å². The zero-order valence-electron chi connectivity index (χ0n) is 13.2. The third-order valence-corrected chi connectivity index (χ3v) is 3.51. The lowest BCUT2D eigenvalue weighted by atomic mass is 10.1. The molecule has 0 spiro atoms. The smallest absolute Gasteiger partial charge is 0.238 e. The lowest BCUT2D eigenvalue weighted by Crippen LogP contribution is -2.15. The molecule has 0 bridgehead atoms. The van der Waals surface area contributed by atoms with E-state index < -0.39 is 0 Å². The number of nitrogens with one attached hydrogen (secondary N) is 1. The Hall–Kier alpha value is -1.94. The molecule has 1 heterocycles. The van der Waals surface area contributed by atoms with Gasteiger partial charge in [-0.2, -0.15) is 5.10 Å². The van der Waals surface area contributed by atoms with Crippen LogP contribution in [0.2, 0.25) is 0 Å². The van der Waals surface area contributed by atoms with Crippen molar-refractivity contribution >= 4 is 0 Å². The van der Waals surface area contributed by atoms with Crippen molar-refractivity contribution in [3.8, 4) is 11.6 Å². The summed E-state index contributed by atoms with van der Waals surface area (Å²) in [5.74, 6) is 1.41. The van der Waals surface area contributed by atoms with Gasteiger partial charge < -0.3 is 10.1 Å². The number of nitrogens with zero attached hydrogens (tertiary/aromatic N) is 2. The highest BCUT2D eigenvalue weighted by Crippen LogP contribution is 2.29. The second-order valence-corrected chi connectivity index (χ2v) is 5.30. The van der Waals surface area contributed by atoms with Gasteiger partial charge >= 0.3 is 0 Å². The number of hydrogen-bond acceptors (Lipinski definition) is 4. The van der Waals surface area contributed by atoms with E-state index in [1.807, 2.05) is 19.1 Å². The molecule has 0 aliphatic rings.